The molecule has 2 aromatic rings. The Balaban J connectivity index is 2.04. The minimum absolute atomic E-state index is 0.0442. The zero-order chi connectivity index (χ0) is 13.1. The number of aryl methyl sites for hydroxylation is 1. The molecule has 1 aromatic carbocycles. The molecular weight excluding hydrogens is 298 g/mol. The molecule has 18 heavy (non-hydrogen) atoms. The molecule has 0 bridgehead atoms. The number of aromatic carboxylic acids is 1. The van der Waals surface area contributed by atoms with Gasteiger partial charge in [-0.05, 0) is 42.8 Å². The monoisotopic (exact) mass is 309 g/mol. The lowest BCUT2D eigenvalue weighted by Crippen LogP contribution is -1.99. The summed E-state index contributed by atoms with van der Waals surface area (Å²) >= 11 is 3.42. The van der Waals surface area contributed by atoms with E-state index in [1.165, 1.54) is 6.07 Å². The Labute approximate surface area is 113 Å². The molecule has 0 amide bonds. The van der Waals surface area contributed by atoms with Crippen molar-refractivity contribution in [1.29, 1.82) is 0 Å². The van der Waals surface area contributed by atoms with E-state index in [2.05, 4.69) is 21.2 Å². The van der Waals surface area contributed by atoms with Gasteiger partial charge in [-0.3, -0.25) is 0 Å². The molecule has 1 aromatic heterocycles. The van der Waals surface area contributed by atoms with Gasteiger partial charge >= 0.3 is 5.97 Å². The summed E-state index contributed by atoms with van der Waals surface area (Å²) < 4.78 is 6.15. The van der Waals surface area contributed by atoms with Crippen LogP contribution in [0, 0.1) is 6.92 Å². The van der Waals surface area contributed by atoms with Crippen molar-refractivity contribution in [2.24, 2.45) is 0 Å². The third-order valence-electron chi connectivity index (χ3n) is 2.38. The van der Waals surface area contributed by atoms with Crippen molar-refractivity contribution in [2.45, 2.75) is 13.5 Å². The van der Waals surface area contributed by atoms with Gasteiger partial charge in [0.25, 0.3) is 0 Å². The number of anilines is 1. The number of benzene rings is 1. The molecule has 0 atom stereocenters. The average Bonchev–Trinajstić information content (AvgIpc) is 2.73. The Hall–Kier alpha value is -1.75. The van der Waals surface area contributed by atoms with Crippen LogP contribution in [0.25, 0.3) is 0 Å². The summed E-state index contributed by atoms with van der Waals surface area (Å²) in [5.74, 6) is -0.512. The van der Waals surface area contributed by atoms with Crippen LogP contribution in [-0.2, 0) is 6.54 Å². The van der Waals surface area contributed by atoms with Crippen molar-refractivity contribution in [2.75, 3.05) is 5.32 Å². The molecule has 4 nitrogen and oxygen atoms in total. The standard InChI is InChI=1S/C13H12BrNO3/c1-8-4-9(14)6-10(5-8)15-7-11-2-3-12(18-11)13(16)17/h2-6,15H,7H2,1H3,(H,16,17). The van der Waals surface area contributed by atoms with Gasteiger partial charge in [-0.15, -0.1) is 0 Å². The van der Waals surface area contributed by atoms with Crippen molar-refractivity contribution in [1.82, 2.24) is 0 Å². The molecule has 5 heteroatoms. The van der Waals surface area contributed by atoms with Gasteiger partial charge in [0.1, 0.15) is 5.76 Å². The molecule has 0 unspecified atom stereocenters. The molecule has 0 saturated heterocycles. The zero-order valence-electron chi connectivity index (χ0n) is 9.74. The molecule has 0 radical (unpaired) electrons. The van der Waals surface area contributed by atoms with E-state index in [0.29, 0.717) is 12.3 Å². The molecule has 0 aliphatic carbocycles. The van der Waals surface area contributed by atoms with E-state index in [-0.39, 0.29) is 5.76 Å². The predicted octanol–water partition coefficient (Wildman–Crippen LogP) is 3.66. The molecule has 0 saturated carbocycles. The molecular formula is C13H12BrNO3. The Kier molecular flexibility index (Phi) is 3.72. The lowest BCUT2D eigenvalue weighted by atomic mass is 10.2. The minimum Gasteiger partial charge on any atom is -0.475 e. The Bertz CT molecular complexity index is 557. The van der Waals surface area contributed by atoms with Gasteiger partial charge < -0.3 is 14.8 Å². The molecule has 94 valence electrons. The van der Waals surface area contributed by atoms with Crippen molar-refractivity contribution in [3.8, 4) is 0 Å². The number of carbonyl (C=O) groups is 1. The number of hydrogen-bond donors (Lipinski definition) is 2. The van der Waals surface area contributed by atoms with Crippen LogP contribution in [0.1, 0.15) is 21.9 Å². The highest BCUT2D eigenvalue weighted by atomic mass is 79.9. The van der Waals surface area contributed by atoms with Crippen molar-refractivity contribution < 1.29 is 14.3 Å². The summed E-state index contributed by atoms with van der Waals surface area (Å²) in [7, 11) is 0. The van der Waals surface area contributed by atoms with Crippen LogP contribution in [-0.4, -0.2) is 11.1 Å². The lowest BCUT2D eigenvalue weighted by molar-refractivity contribution is 0.0660. The molecule has 0 aliphatic heterocycles. The first kappa shape index (κ1) is 12.7. The van der Waals surface area contributed by atoms with Crippen LogP contribution in [0.3, 0.4) is 0 Å². The number of furan rings is 1. The van der Waals surface area contributed by atoms with Crippen LogP contribution in [0.2, 0.25) is 0 Å². The third-order valence-corrected chi connectivity index (χ3v) is 2.84. The maximum atomic E-state index is 10.7. The van der Waals surface area contributed by atoms with Crippen molar-refractivity contribution >= 4 is 27.6 Å². The van der Waals surface area contributed by atoms with Crippen molar-refractivity contribution in [3.05, 3.63) is 51.9 Å². The van der Waals surface area contributed by atoms with E-state index in [1.54, 1.807) is 6.07 Å². The fourth-order valence-corrected chi connectivity index (χ4v) is 2.22. The largest absolute Gasteiger partial charge is 0.475 e. The second kappa shape index (κ2) is 5.27. The summed E-state index contributed by atoms with van der Waals surface area (Å²) in [5, 5.41) is 11.9. The number of carboxylic acids is 1. The van der Waals surface area contributed by atoms with Gasteiger partial charge in [-0.25, -0.2) is 4.79 Å². The summed E-state index contributed by atoms with van der Waals surface area (Å²) in [5.41, 5.74) is 2.09. The Morgan fingerprint density at radius 2 is 2.17 bits per heavy atom. The Morgan fingerprint density at radius 1 is 1.39 bits per heavy atom. The quantitative estimate of drug-likeness (QED) is 0.904. The third kappa shape index (κ3) is 3.13. The highest BCUT2D eigenvalue weighted by Gasteiger charge is 2.08. The van der Waals surface area contributed by atoms with Gasteiger partial charge in [0, 0.05) is 10.2 Å². The van der Waals surface area contributed by atoms with Crippen LogP contribution in [0.4, 0.5) is 5.69 Å². The summed E-state index contributed by atoms with van der Waals surface area (Å²) in [6.45, 7) is 2.45. The first-order chi connectivity index (χ1) is 8.54. The number of rotatable bonds is 4. The molecule has 1 heterocycles. The summed E-state index contributed by atoms with van der Waals surface area (Å²) in [4.78, 5) is 10.7. The molecule has 2 rings (SSSR count). The molecule has 0 fully saturated rings. The average molecular weight is 310 g/mol. The van der Waals surface area contributed by atoms with Gasteiger partial charge in [-0.1, -0.05) is 15.9 Å². The number of carboxylic acid groups (broad SMARTS) is 1. The maximum Gasteiger partial charge on any atom is 0.371 e. The number of halogens is 1. The summed E-state index contributed by atoms with van der Waals surface area (Å²) in [6.07, 6.45) is 0. The van der Waals surface area contributed by atoms with Crippen LogP contribution in [0.15, 0.2) is 39.2 Å². The number of nitrogens with one attached hydrogen (secondary N) is 1. The first-order valence-electron chi connectivity index (χ1n) is 5.37. The van der Waals surface area contributed by atoms with E-state index in [1.807, 2.05) is 25.1 Å². The fourth-order valence-electron chi connectivity index (χ4n) is 1.62. The first-order valence-corrected chi connectivity index (χ1v) is 6.17. The Morgan fingerprint density at radius 3 is 2.78 bits per heavy atom. The lowest BCUT2D eigenvalue weighted by Gasteiger charge is -2.06. The molecule has 0 spiro atoms. The van der Waals surface area contributed by atoms with Crippen LogP contribution in [0.5, 0.6) is 0 Å². The van der Waals surface area contributed by atoms with Gasteiger partial charge in [0.15, 0.2) is 0 Å². The summed E-state index contributed by atoms with van der Waals surface area (Å²) in [6, 6.07) is 9.08. The second-order valence-electron chi connectivity index (χ2n) is 3.94. The van der Waals surface area contributed by atoms with Gasteiger partial charge in [-0.2, -0.15) is 0 Å². The molecule has 2 N–H and O–H groups in total. The topological polar surface area (TPSA) is 62.5 Å². The van der Waals surface area contributed by atoms with Crippen molar-refractivity contribution in [3.63, 3.8) is 0 Å². The highest BCUT2D eigenvalue weighted by Crippen LogP contribution is 2.20. The van der Waals surface area contributed by atoms with E-state index in [0.717, 1.165) is 15.7 Å². The SMILES string of the molecule is Cc1cc(Br)cc(NCc2ccc(C(=O)O)o2)c1. The minimum atomic E-state index is -1.06. The van der Waals surface area contributed by atoms with E-state index in [9.17, 15) is 4.79 Å². The highest BCUT2D eigenvalue weighted by molar-refractivity contribution is 9.10. The normalized spacial score (nSPS) is 10.3. The van der Waals surface area contributed by atoms with Gasteiger partial charge in [0.05, 0.1) is 6.54 Å². The second-order valence-corrected chi connectivity index (χ2v) is 4.86. The van der Waals surface area contributed by atoms with Gasteiger partial charge in [0.2, 0.25) is 5.76 Å². The smallest absolute Gasteiger partial charge is 0.371 e. The predicted molar refractivity (Wildman–Crippen MR) is 71.9 cm³/mol. The maximum absolute atomic E-state index is 10.7. The molecule has 0 aliphatic rings. The van der Waals surface area contributed by atoms with E-state index in [4.69, 9.17) is 9.52 Å². The van der Waals surface area contributed by atoms with Crippen LogP contribution >= 0.6 is 15.9 Å². The van der Waals surface area contributed by atoms with E-state index < -0.39 is 5.97 Å². The van der Waals surface area contributed by atoms with Crippen LogP contribution < -0.4 is 5.32 Å². The fraction of sp³-hybridized carbons (Fsp3) is 0.154. The van der Waals surface area contributed by atoms with E-state index >= 15 is 0 Å². The zero-order valence-corrected chi connectivity index (χ0v) is 11.3. The number of hydrogen-bond acceptors (Lipinski definition) is 3.